The first-order valence-corrected chi connectivity index (χ1v) is 7.03. The van der Waals surface area contributed by atoms with Gasteiger partial charge in [-0.3, -0.25) is 4.79 Å². The van der Waals surface area contributed by atoms with Crippen LogP contribution in [0.4, 0.5) is 10.1 Å². The number of anilines is 1. The Morgan fingerprint density at radius 3 is 3.16 bits per heavy atom. The van der Waals surface area contributed by atoms with Gasteiger partial charge in [0, 0.05) is 18.7 Å². The summed E-state index contributed by atoms with van der Waals surface area (Å²) in [7, 11) is 0. The maximum absolute atomic E-state index is 13.3. The number of nitrogens with one attached hydrogen (secondary N) is 1. The fraction of sp³-hybridized carbons (Fsp3) is 0.533. The molecular formula is C15H19FN2O. The average molecular weight is 262 g/mol. The van der Waals surface area contributed by atoms with Crippen molar-refractivity contribution < 1.29 is 9.18 Å². The largest absolute Gasteiger partial charge is 0.316 e. The van der Waals surface area contributed by atoms with Crippen molar-refractivity contribution in [1.29, 1.82) is 0 Å². The number of piperidine rings is 1. The Morgan fingerprint density at radius 1 is 1.47 bits per heavy atom. The number of halogens is 1. The molecular weight excluding hydrogens is 243 g/mol. The second-order valence-electron chi connectivity index (χ2n) is 5.48. The number of carbonyl (C=O) groups excluding carboxylic acids is 1. The Bertz CT molecular complexity index is 483. The van der Waals surface area contributed by atoms with Gasteiger partial charge in [-0.05, 0) is 56.0 Å². The molecule has 0 saturated carbocycles. The number of nitrogens with zero attached hydrogens (tertiary/aromatic N) is 1. The standard InChI is InChI=1S/C15H19FN2O/c16-13-4-3-12-5-7-18(14(12)9-13)15(19)8-11-2-1-6-17-10-11/h3-4,9,11,17H,1-2,5-8,10H2. The monoisotopic (exact) mass is 262 g/mol. The van der Waals surface area contributed by atoms with Crippen LogP contribution in [0.1, 0.15) is 24.8 Å². The van der Waals surface area contributed by atoms with Gasteiger partial charge < -0.3 is 10.2 Å². The molecule has 1 N–H and O–H groups in total. The number of hydrogen-bond acceptors (Lipinski definition) is 2. The van der Waals surface area contributed by atoms with E-state index in [-0.39, 0.29) is 11.7 Å². The highest BCUT2D eigenvalue weighted by atomic mass is 19.1. The van der Waals surface area contributed by atoms with E-state index in [0.717, 1.165) is 43.6 Å². The molecule has 4 heteroatoms. The van der Waals surface area contributed by atoms with Gasteiger partial charge in [0.15, 0.2) is 0 Å². The van der Waals surface area contributed by atoms with Gasteiger partial charge in [-0.2, -0.15) is 0 Å². The summed E-state index contributed by atoms with van der Waals surface area (Å²) >= 11 is 0. The van der Waals surface area contributed by atoms with Crippen LogP contribution in [0, 0.1) is 11.7 Å². The molecule has 1 aromatic rings. The van der Waals surface area contributed by atoms with Crippen molar-refractivity contribution in [3.8, 4) is 0 Å². The number of fused-ring (bicyclic) bond motifs is 1. The van der Waals surface area contributed by atoms with Gasteiger partial charge in [0.25, 0.3) is 0 Å². The van der Waals surface area contributed by atoms with Crippen LogP contribution in [0.5, 0.6) is 0 Å². The number of carbonyl (C=O) groups is 1. The van der Waals surface area contributed by atoms with Crippen molar-refractivity contribution in [3.63, 3.8) is 0 Å². The summed E-state index contributed by atoms with van der Waals surface area (Å²) in [5.74, 6) is 0.301. The smallest absolute Gasteiger partial charge is 0.227 e. The summed E-state index contributed by atoms with van der Waals surface area (Å²) in [5.41, 5.74) is 1.85. The summed E-state index contributed by atoms with van der Waals surface area (Å²) in [6, 6.07) is 4.75. The van der Waals surface area contributed by atoms with Crippen molar-refractivity contribution in [1.82, 2.24) is 5.32 Å². The van der Waals surface area contributed by atoms with Gasteiger partial charge in [-0.15, -0.1) is 0 Å². The number of benzene rings is 1. The Hall–Kier alpha value is -1.42. The van der Waals surface area contributed by atoms with E-state index in [9.17, 15) is 9.18 Å². The molecule has 0 bridgehead atoms. The molecule has 2 heterocycles. The van der Waals surface area contributed by atoms with E-state index < -0.39 is 0 Å². The second-order valence-corrected chi connectivity index (χ2v) is 5.48. The van der Waals surface area contributed by atoms with Crippen LogP contribution in [0.3, 0.4) is 0 Å². The lowest BCUT2D eigenvalue weighted by Gasteiger charge is -2.25. The Morgan fingerprint density at radius 2 is 2.37 bits per heavy atom. The topological polar surface area (TPSA) is 32.3 Å². The third-order valence-electron chi connectivity index (χ3n) is 4.11. The normalized spacial score (nSPS) is 22.4. The van der Waals surface area contributed by atoms with Crippen molar-refractivity contribution >= 4 is 11.6 Å². The van der Waals surface area contributed by atoms with Crippen molar-refractivity contribution in [2.45, 2.75) is 25.7 Å². The zero-order valence-electron chi connectivity index (χ0n) is 11.0. The molecule has 102 valence electrons. The highest BCUT2D eigenvalue weighted by molar-refractivity contribution is 5.95. The molecule has 0 aromatic heterocycles. The van der Waals surface area contributed by atoms with Gasteiger partial charge >= 0.3 is 0 Å². The highest BCUT2D eigenvalue weighted by Gasteiger charge is 2.27. The molecule has 1 saturated heterocycles. The maximum atomic E-state index is 13.3. The maximum Gasteiger partial charge on any atom is 0.227 e. The van der Waals surface area contributed by atoms with E-state index in [2.05, 4.69) is 5.32 Å². The van der Waals surface area contributed by atoms with Crippen LogP contribution in [0.2, 0.25) is 0 Å². The predicted molar refractivity (Wildman–Crippen MR) is 72.7 cm³/mol. The lowest BCUT2D eigenvalue weighted by atomic mass is 9.95. The Balaban J connectivity index is 1.70. The third kappa shape index (κ3) is 2.63. The quantitative estimate of drug-likeness (QED) is 0.885. The molecule has 3 nitrogen and oxygen atoms in total. The van der Waals surface area contributed by atoms with E-state index in [1.165, 1.54) is 12.1 Å². The van der Waals surface area contributed by atoms with Crippen LogP contribution in [0.15, 0.2) is 18.2 Å². The molecule has 1 fully saturated rings. The molecule has 1 atom stereocenters. The molecule has 0 spiro atoms. The summed E-state index contributed by atoms with van der Waals surface area (Å²) in [4.78, 5) is 14.1. The van der Waals surface area contributed by atoms with Crippen molar-refractivity contribution in [2.75, 3.05) is 24.5 Å². The molecule has 0 aliphatic carbocycles. The zero-order valence-corrected chi connectivity index (χ0v) is 11.0. The van der Waals surface area contributed by atoms with Gasteiger partial charge in [0.1, 0.15) is 5.82 Å². The van der Waals surface area contributed by atoms with Crippen LogP contribution in [-0.4, -0.2) is 25.5 Å². The van der Waals surface area contributed by atoms with Crippen LogP contribution in [0.25, 0.3) is 0 Å². The SMILES string of the molecule is O=C(CC1CCCNC1)N1CCc2ccc(F)cc21. The van der Waals surface area contributed by atoms with Crippen LogP contribution < -0.4 is 10.2 Å². The van der Waals surface area contributed by atoms with Crippen LogP contribution >= 0.6 is 0 Å². The van der Waals surface area contributed by atoms with Gasteiger partial charge in [-0.25, -0.2) is 4.39 Å². The van der Waals surface area contributed by atoms with E-state index in [0.29, 0.717) is 18.9 Å². The lowest BCUT2D eigenvalue weighted by Crippen LogP contribution is -2.36. The van der Waals surface area contributed by atoms with Gasteiger partial charge in [0.05, 0.1) is 0 Å². The summed E-state index contributed by atoms with van der Waals surface area (Å²) < 4.78 is 13.3. The van der Waals surface area contributed by atoms with Crippen molar-refractivity contribution in [3.05, 3.63) is 29.6 Å². The van der Waals surface area contributed by atoms with E-state index in [1.807, 2.05) is 0 Å². The molecule has 19 heavy (non-hydrogen) atoms. The number of amides is 1. The first-order chi connectivity index (χ1) is 9.24. The highest BCUT2D eigenvalue weighted by Crippen LogP contribution is 2.30. The van der Waals surface area contributed by atoms with E-state index in [1.54, 1.807) is 11.0 Å². The molecule has 2 aliphatic rings. The third-order valence-corrected chi connectivity index (χ3v) is 4.11. The summed E-state index contributed by atoms with van der Waals surface area (Å²) in [5, 5.41) is 3.33. The number of rotatable bonds is 2. The average Bonchev–Trinajstić information content (AvgIpc) is 2.82. The Kier molecular flexibility index (Phi) is 3.51. The minimum absolute atomic E-state index is 0.137. The fourth-order valence-electron chi connectivity index (χ4n) is 3.07. The first-order valence-electron chi connectivity index (χ1n) is 7.03. The molecule has 1 unspecified atom stereocenters. The summed E-state index contributed by atoms with van der Waals surface area (Å²) in [6.45, 7) is 2.68. The molecule has 2 aliphatic heterocycles. The van der Waals surface area contributed by atoms with Gasteiger partial charge in [0.2, 0.25) is 5.91 Å². The van der Waals surface area contributed by atoms with Crippen LogP contribution in [-0.2, 0) is 11.2 Å². The van der Waals surface area contributed by atoms with Crippen molar-refractivity contribution in [2.24, 2.45) is 5.92 Å². The molecule has 1 aromatic carbocycles. The minimum atomic E-state index is -0.266. The second kappa shape index (κ2) is 5.29. The van der Waals surface area contributed by atoms with Gasteiger partial charge in [-0.1, -0.05) is 6.07 Å². The summed E-state index contributed by atoms with van der Waals surface area (Å²) in [6.07, 6.45) is 3.67. The first kappa shape index (κ1) is 12.6. The lowest BCUT2D eigenvalue weighted by molar-refractivity contribution is -0.119. The molecule has 0 radical (unpaired) electrons. The number of hydrogen-bond donors (Lipinski definition) is 1. The van der Waals surface area contributed by atoms with E-state index in [4.69, 9.17) is 0 Å². The molecule has 3 rings (SSSR count). The van der Waals surface area contributed by atoms with E-state index >= 15 is 0 Å². The zero-order chi connectivity index (χ0) is 13.2. The Labute approximate surface area is 112 Å². The fourth-order valence-corrected chi connectivity index (χ4v) is 3.07. The predicted octanol–water partition coefficient (Wildman–Crippen LogP) is 2.10. The molecule has 1 amide bonds. The minimum Gasteiger partial charge on any atom is -0.316 e.